The van der Waals surface area contributed by atoms with Crippen LogP contribution in [-0.4, -0.2) is 65.9 Å². The van der Waals surface area contributed by atoms with E-state index in [0.29, 0.717) is 0 Å². The first-order chi connectivity index (χ1) is 9.64. The molecule has 2 N–H and O–H groups in total. The SMILES string of the molecule is COC(=O)[C@@H]1C[C@@H](O)CN1C(=O)CNC(=O)OC(C)(C)C. The van der Waals surface area contributed by atoms with E-state index in [-0.39, 0.29) is 19.5 Å². The highest BCUT2D eigenvalue weighted by molar-refractivity contribution is 5.88. The maximum absolute atomic E-state index is 12.0. The van der Waals surface area contributed by atoms with E-state index < -0.39 is 35.7 Å². The molecule has 0 saturated carbocycles. The Labute approximate surface area is 123 Å². The first-order valence-corrected chi connectivity index (χ1v) is 6.66. The Morgan fingerprint density at radius 1 is 1.33 bits per heavy atom. The van der Waals surface area contributed by atoms with Crippen molar-refractivity contribution in [3.05, 3.63) is 0 Å². The normalized spacial score (nSPS) is 21.9. The van der Waals surface area contributed by atoms with E-state index in [9.17, 15) is 19.5 Å². The Hall–Kier alpha value is -1.83. The quantitative estimate of drug-likeness (QED) is 0.690. The van der Waals surface area contributed by atoms with Crippen LogP contribution in [0, 0.1) is 0 Å². The van der Waals surface area contributed by atoms with Gasteiger partial charge in [0.05, 0.1) is 13.2 Å². The van der Waals surface area contributed by atoms with E-state index >= 15 is 0 Å². The Bertz CT molecular complexity index is 417. The molecule has 1 heterocycles. The van der Waals surface area contributed by atoms with Gasteiger partial charge in [-0.15, -0.1) is 0 Å². The second kappa shape index (κ2) is 6.75. The summed E-state index contributed by atoms with van der Waals surface area (Å²) in [5, 5.41) is 11.9. The number of β-amino-alcohol motifs (C(OH)–C–C–N with tert-alkyl or cyclic N) is 1. The van der Waals surface area contributed by atoms with Crippen molar-refractivity contribution in [1.29, 1.82) is 0 Å². The lowest BCUT2D eigenvalue weighted by molar-refractivity contribution is -0.150. The monoisotopic (exact) mass is 302 g/mol. The van der Waals surface area contributed by atoms with Crippen LogP contribution in [0.1, 0.15) is 27.2 Å². The number of carbonyl (C=O) groups excluding carboxylic acids is 3. The van der Waals surface area contributed by atoms with Crippen LogP contribution in [0.5, 0.6) is 0 Å². The number of nitrogens with one attached hydrogen (secondary N) is 1. The maximum Gasteiger partial charge on any atom is 0.408 e. The molecule has 2 atom stereocenters. The van der Waals surface area contributed by atoms with E-state index in [4.69, 9.17) is 4.74 Å². The zero-order valence-corrected chi connectivity index (χ0v) is 12.7. The fourth-order valence-electron chi connectivity index (χ4n) is 2.01. The van der Waals surface area contributed by atoms with Crippen LogP contribution in [0.15, 0.2) is 0 Å². The first kappa shape index (κ1) is 17.2. The Balaban J connectivity index is 2.54. The molecule has 8 heteroatoms. The number of hydrogen-bond donors (Lipinski definition) is 2. The van der Waals surface area contributed by atoms with Crippen LogP contribution < -0.4 is 5.32 Å². The number of likely N-dealkylation sites (tertiary alicyclic amines) is 1. The number of ether oxygens (including phenoxy) is 2. The summed E-state index contributed by atoms with van der Waals surface area (Å²) in [7, 11) is 1.22. The number of hydrogen-bond acceptors (Lipinski definition) is 6. The molecule has 0 bridgehead atoms. The zero-order valence-electron chi connectivity index (χ0n) is 12.7. The average molecular weight is 302 g/mol. The fraction of sp³-hybridized carbons (Fsp3) is 0.769. The van der Waals surface area contributed by atoms with Gasteiger partial charge < -0.3 is 24.8 Å². The molecule has 120 valence electrons. The summed E-state index contributed by atoms with van der Waals surface area (Å²) in [6.45, 7) is 4.85. The molecule has 0 spiro atoms. The molecule has 21 heavy (non-hydrogen) atoms. The van der Waals surface area contributed by atoms with Crippen molar-refractivity contribution < 1.29 is 29.0 Å². The predicted molar refractivity (Wildman–Crippen MR) is 72.4 cm³/mol. The van der Waals surface area contributed by atoms with Crippen LogP contribution in [0.2, 0.25) is 0 Å². The van der Waals surface area contributed by atoms with Gasteiger partial charge in [0.1, 0.15) is 18.2 Å². The minimum Gasteiger partial charge on any atom is -0.467 e. The number of amides is 2. The summed E-state index contributed by atoms with van der Waals surface area (Å²) in [5.74, 6) is -1.06. The molecule has 1 rings (SSSR count). The van der Waals surface area contributed by atoms with Crippen molar-refractivity contribution >= 4 is 18.0 Å². The van der Waals surface area contributed by atoms with Gasteiger partial charge in [-0.2, -0.15) is 0 Å². The van der Waals surface area contributed by atoms with Gasteiger partial charge in [-0.05, 0) is 20.8 Å². The van der Waals surface area contributed by atoms with Gasteiger partial charge in [0.15, 0.2) is 0 Å². The van der Waals surface area contributed by atoms with E-state index in [1.165, 1.54) is 12.0 Å². The standard InChI is InChI=1S/C13H22N2O6/c1-13(2,3)21-12(19)14-6-10(17)15-7-8(16)5-9(15)11(18)20-4/h8-9,16H,5-7H2,1-4H3,(H,14,19)/t8-,9+/m1/s1. The molecule has 2 amide bonds. The van der Waals surface area contributed by atoms with Gasteiger partial charge in [0.2, 0.25) is 5.91 Å². The van der Waals surface area contributed by atoms with E-state index in [1.54, 1.807) is 20.8 Å². The molecule has 0 aromatic carbocycles. The number of methoxy groups -OCH3 is 1. The lowest BCUT2D eigenvalue weighted by Crippen LogP contribution is -2.46. The Morgan fingerprint density at radius 2 is 1.95 bits per heavy atom. The Morgan fingerprint density at radius 3 is 2.48 bits per heavy atom. The summed E-state index contributed by atoms with van der Waals surface area (Å²) < 4.78 is 9.60. The minimum atomic E-state index is -0.821. The summed E-state index contributed by atoms with van der Waals surface area (Å²) in [4.78, 5) is 36.3. The molecule has 1 fully saturated rings. The van der Waals surface area contributed by atoms with Crippen molar-refractivity contribution in [1.82, 2.24) is 10.2 Å². The number of alkyl carbamates (subject to hydrolysis) is 1. The molecule has 0 radical (unpaired) electrons. The van der Waals surface area contributed by atoms with Crippen molar-refractivity contribution in [3.63, 3.8) is 0 Å². The second-order valence-corrected chi connectivity index (χ2v) is 5.83. The summed E-state index contributed by atoms with van der Waals surface area (Å²) in [6.07, 6.45) is -1.37. The molecule has 0 aromatic rings. The first-order valence-electron chi connectivity index (χ1n) is 6.66. The summed E-state index contributed by atoms with van der Waals surface area (Å²) in [5.41, 5.74) is -0.661. The topological polar surface area (TPSA) is 105 Å². The maximum atomic E-state index is 12.0. The van der Waals surface area contributed by atoms with Gasteiger partial charge >= 0.3 is 12.1 Å². The van der Waals surface area contributed by atoms with Gasteiger partial charge in [-0.1, -0.05) is 0 Å². The average Bonchev–Trinajstić information content (AvgIpc) is 2.75. The molecular weight excluding hydrogens is 280 g/mol. The van der Waals surface area contributed by atoms with E-state index in [2.05, 4.69) is 10.1 Å². The highest BCUT2D eigenvalue weighted by Crippen LogP contribution is 2.19. The number of esters is 1. The van der Waals surface area contributed by atoms with Gasteiger partial charge in [-0.25, -0.2) is 9.59 Å². The smallest absolute Gasteiger partial charge is 0.408 e. The molecule has 0 aromatic heterocycles. The van der Waals surface area contributed by atoms with Crippen molar-refractivity contribution in [3.8, 4) is 0 Å². The third-order valence-corrected chi connectivity index (χ3v) is 2.86. The summed E-state index contributed by atoms with van der Waals surface area (Å²) >= 11 is 0. The van der Waals surface area contributed by atoms with E-state index in [0.717, 1.165) is 0 Å². The molecule has 0 unspecified atom stereocenters. The highest BCUT2D eigenvalue weighted by Gasteiger charge is 2.39. The predicted octanol–water partition coefficient (Wildman–Crippen LogP) is -0.354. The lowest BCUT2D eigenvalue weighted by Gasteiger charge is -2.23. The fourth-order valence-corrected chi connectivity index (χ4v) is 2.01. The summed E-state index contributed by atoms with van der Waals surface area (Å²) in [6, 6.07) is -0.821. The molecule has 1 aliphatic heterocycles. The molecular formula is C13H22N2O6. The van der Waals surface area contributed by atoms with Gasteiger partial charge in [0.25, 0.3) is 0 Å². The highest BCUT2D eigenvalue weighted by atomic mass is 16.6. The second-order valence-electron chi connectivity index (χ2n) is 5.83. The molecule has 1 aliphatic rings. The van der Waals surface area contributed by atoms with Crippen LogP contribution in [0.3, 0.4) is 0 Å². The van der Waals surface area contributed by atoms with Crippen LogP contribution in [0.4, 0.5) is 4.79 Å². The number of aliphatic hydroxyl groups is 1. The number of aliphatic hydroxyl groups excluding tert-OH is 1. The third-order valence-electron chi connectivity index (χ3n) is 2.86. The lowest BCUT2D eigenvalue weighted by atomic mass is 10.2. The van der Waals surface area contributed by atoms with E-state index in [1.807, 2.05) is 0 Å². The molecule has 1 saturated heterocycles. The van der Waals surface area contributed by atoms with Crippen molar-refractivity contribution in [2.24, 2.45) is 0 Å². The van der Waals surface area contributed by atoms with Crippen molar-refractivity contribution in [2.75, 3.05) is 20.2 Å². The number of nitrogens with zero attached hydrogens (tertiary/aromatic N) is 1. The number of carbonyl (C=O) groups is 3. The van der Waals surface area contributed by atoms with Crippen molar-refractivity contribution in [2.45, 2.75) is 44.9 Å². The Kier molecular flexibility index (Phi) is 5.54. The van der Waals surface area contributed by atoms with Crippen LogP contribution >= 0.6 is 0 Å². The largest absolute Gasteiger partial charge is 0.467 e. The molecule has 0 aliphatic carbocycles. The molecule has 8 nitrogen and oxygen atoms in total. The third kappa shape index (κ3) is 5.22. The minimum absolute atomic E-state index is 0.0363. The van der Waals surface area contributed by atoms with Crippen LogP contribution in [0.25, 0.3) is 0 Å². The zero-order chi connectivity index (χ0) is 16.2. The number of rotatable bonds is 3. The van der Waals surface area contributed by atoms with Gasteiger partial charge in [-0.3, -0.25) is 4.79 Å². The van der Waals surface area contributed by atoms with Gasteiger partial charge in [0, 0.05) is 13.0 Å². The van der Waals surface area contributed by atoms with Crippen LogP contribution in [-0.2, 0) is 19.1 Å².